The van der Waals surface area contributed by atoms with Gasteiger partial charge in [-0.25, -0.2) is 0 Å². The normalized spacial score (nSPS) is 38.0. The van der Waals surface area contributed by atoms with E-state index in [1.165, 1.54) is 19.3 Å². The summed E-state index contributed by atoms with van der Waals surface area (Å²) < 4.78 is 0. The molecule has 1 aliphatic heterocycles. The molecule has 0 aromatic heterocycles. The van der Waals surface area contributed by atoms with Gasteiger partial charge in [0.1, 0.15) is 11.5 Å². The molecule has 4 aliphatic rings. The molecule has 3 aliphatic carbocycles. The van der Waals surface area contributed by atoms with Gasteiger partial charge in [0.2, 0.25) is 0 Å². The minimum atomic E-state index is -0.894. The van der Waals surface area contributed by atoms with Crippen LogP contribution in [0.5, 0.6) is 5.75 Å². The van der Waals surface area contributed by atoms with E-state index < -0.39 is 11.0 Å². The number of aliphatic hydroxyl groups is 1. The number of carbonyl (C=O) groups is 1. The summed E-state index contributed by atoms with van der Waals surface area (Å²) in [6.45, 7) is 2.00. The molecule has 1 aromatic carbocycles. The minimum Gasteiger partial charge on any atom is -0.508 e. The lowest BCUT2D eigenvalue weighted by Crippen LogP contribution is -2.73. The maximum absolute atomic E-state index is 12.4. The number of likely N-dealkylation sites (tertiary alicyclic amines) is 1. The van der Waals surface area contributed by atoms with Crippen molar-refractivity contribution in [1.82, 2.24) is 4.90 Å². The molecule has 0 unspecified atom stereocenters. The summed E-state index contributed by atoms with van der Waals surface area (Å²) in [7, 11) is 0. The number of phenols is 1. The Bertz CT molecular complexity index is 728. The van der Waals surface area contributed by atoms with Gasteiger partial charge in [-0.1, -0.05) is 18.6 Å². The van der Waals surface area contributed by atoms with E-state index >= 15 is 0 Å². The summed E-state index contributed by atoms with van der Waals surface area (Å²) in [5.41, 5.74) is 0.504. The lowest BCUT2D eigenvalue weighted by molar-refractivity contribution is -0.175. The Labute approximate surface area is 148 Å². The molecule has 1 saturated heterocycles. The second-order valence-corrected chi connectivity index (χ2v) is 8.79. The number of hydrogen-bond acceptors (Lipinski definition) is 4. The molecule has 25 heavy (non-hydrogen) atoms. The Kier molecular flexibility index (Phi) is 3.36. The van der Waals surface area contributed by atoms with Crippen molar-refractivity contribution in [2.45, 2.75) is 68.4 Å². The zero-order valence-corrected chi connectivity index (χ0v) is 14.7. The quantitative estimate of drug-likeness (QED) is 0.868. The van der Waals surface area contributed by atoms with Crippen molar-refractivity contribution in [3.05, 3.63) is 29.3 Å². The predicted molar refractivity (Wildman–Crippen MR) is 94.6 cm³/mol. The molecular weight excluding hydrogens is 314 g/mol. The Hall–Kier alpha value is -1.39. The van der Waals surface area contributed by atoms with Gasteiger partial charge in [-0.3, -0.25) is 9.69 Å². The van der Waals surface area contributed by atoms with Crippen LogP contribution in [0.15, 0.2) is 18.2 Å². The number of Topliss-reactive ketones (excluding diaryl/α,β-unsaturated/α-hetero) is 1. The van der Waals surface area contributed by atoms with Gasteiger partial charge in [0, 0.05) is 36.4 Å². The van der Waals surface area contributed by atoms with Gasteiger partial charge in [0.05, 0.1) is 5.60 Å². The summed E-state index contributed by atoms with van der Waals surface area (Å²) in [6.07, 6.45) is 6.88. The molecule has 2 bridgehead atoms. The Morgan fingerprint density at radius 3 is 2.84 bits per heavy atom. The number of aromatic hydroxyl groups is 1. The highest BCUT2D eigenvalue weighted by Gasteiger charge is 2.65. The SMILES string of the molecule is O=C1CC[C@@]2(O)[C@H]3Cc4cccc(O)c4[C@@]2(CCN3CC2CCC2)C1. The first kappa shape index (κ1) is 15.8. The van der Waals surface area contributed by atoms with E-state index in [2.05, 4.69) is 11.0 Å². The second-order valence-electron chi connectivity index (χ2n) is 8.79. The number of hydrogen-bond donors (Lipinski definition) is 2. The van der Waals surface area contributed by atoms with E-state index in [-0.39, 0.29) is 17.6 Å². The maximum Gasteiger partial charge on any atom is 0.134 e. The Balaban J connectivity index is 1.63. The number of nitrogens with zero attached hydrogens (tertiary/aromatic N) is 1. The number of benzene rings is 1. The smallest absolute Gasteiger partial charge is 0.134 e. The standard InChI is InChI=1S/C21H27NO3/c23-16-7-8-21(25)18-11-15-5-2-6-17(24)19(15)20(21,12-16)9-10-22(18)13-14-3-1-4-14/h2,5-6,14,18,24-25H,1,3-4,7-13H2/t18-,20-,21-/m1/s1. The van der Waals surface area contributed by atoms with Gasteiger partial charge in [0.15, 0.2) is 0 Å². The minimum absolute atomic E-state index is 0.0734. The fraction of sp³-hybridized carbons (Fsp3) is 0.667. The topological polar surface area (TPSA) is 60.8 Å². The summed E-state index contributed by atoms with van der Waals surface area (Å²) in [5.74, 6) is 1.26. The summed E-state index contributed by atoms with van der Waals surface area (Å²) in [5, 5.41) is 22.5. The first-order valence-electron chi connectivity index (χ1n) is 9.83. The van der Waals surface area contributed by atoms with Crippen LogP contribution in [0.2, 0.25) is 0 Å². The molecule has 0 radical (unpaired) electrons. The van der Waals surface area contributed by atoms with Crippen LogP contribution in [0, 0.1) is 5.92 Å². The van der Waals surface area contributed by atoms with Gasteiger partial charge in [-0.15, -0.1) is 0 Å². The van der Waals surface area contributed by atoms with Crippen LogP contribution in [-0.4, -0.2) is 45.6 Å². The van der Waals surface area contributed by atoms with Gasteiger partial charge < -0.3 is 10.2 Å². The van der Waals surface area contributed by atoms with Crippen LogP contribution in [0.25, 0.3) is 0 Å². The number of phenolic OH excluding ortho intramolecular Hbond substituents is 1. The van der Waals surface area contributed by atoms with Crippen molar-refractivity contribution >= 4 is 5.78 Å². The fourth-order valence-corrected chi connectivity index (χ4v) is 6.20. The third kappa shape index (κ3) is 2.04. The highest BCUT2D eigenvalue weighted by atomic mass is 16.3. The lowest BCUT2D eigenvalue weighted by Gasteiger charge is -2.63. The maximum atomic E-state index is 12.4. The predicted octanol–water partition coefficient (Wildman–Crippen LogP) is 2.54. The summed E-state index contributed by atoms with van der Waals surface area (Å²) in [6, 6.07) is 5.76. The monoisotopic (exact) mass is 341 g/mol. The first-order valence-corrected chi connectivity index (χ1v) is 9.83. The highest BCUT2D eigenvalue weighted by molar-refractivity contribution is 5.82. The average molecular weight is 341 g/mol. The molecule has 2 N–H and O–H groups in total. The van der Waals surface area contributed by atoms with Crippen LogP contribution in [0.1, 0.15) is 56.1 Å². The van der Waals surface area contributed by atoms with Gasteiger partial charge in [-0.05, 0) is 56.2 Å². The molecule has 3 fully saturated rings. The molecule has 134 valence electrons. The molecule has 2 saturated carbocycles. The molecule has 0 amide bonds. The van der Waals surface area contributed by atoms with Crippen molar-refractivity contribution in [3.8, 4) is 5.75 Å². The molecule has 3 atom stereocenters. The fourth-order valence-electron chi connectivity index (χ4n) is 6.20. The molecule has 4 heteroatoms. The van der Waals surface area contributed by atoms with Crippen molar-refractivity contribution < 1.29 is 15.0 Å². The molecule has 1 heterocycles. The van der Waals surface area contributed by atoms with Crippen LogP contribution in [-0.2, 0) is 16.6 Å². The van der Waals surface area contributed by atoms with Crippen LogP contribution >= 0.6 is 0 Å². The number of piperidine rings is 1. The van der Waals surface area contributed by atoms with Gasteiger partial charge >= 0.3 is 0 Å². The Morgan fingerprint density at radius 1 is 1.24 bits per heavy atom. The number of ketones is 1. The van der Waals surface area contributed by atoms with E-state index in [4.69, 9.17) is 0 Å². The molecule has 4 nitrogen and oxygen atoms in total. The zero-order chi connectivity index (χ0) is 17.2. The van der Waals surface area contributed by atoms with E-state index in [9.17, 15) is 15.0 Å². The molecule has 0 spiro atoms. The lowest BCUT2D eigenvalue weighted by atomic mass is 9.49. The van der Waals surface area contributed by atoms with Crippen LogP contribution < -0.4 is 0 Å². The number of rotatable bonds is 2. The number of fused-ring (bicyclic) bond motifs is 1. The van der Waals surface area contributed by atoms with Crippen molar-refractivity contribution in [2.75, 3.05) is 13.1 Å². The van der Waals surface area contributed by atoms with E-state index in [0.717, 1.165) is 43.0 Å². The zero-order valence-electron chi connectivity index (χ0n) is 14.7. The summed E-state index contributed by atoms with van der Waals surface area (Å²) in [4.78, 5) is 14.9. The molecular formula is C21H27NO3. The second kappa shape index (κ2) is 5.31. The summed E-state index contributed by atoms with van der Waals surface area (Å²) >= 11 is 0. The largest absolute Gasteiger partial charge is 0.508 e. The van der Waals surface area contributed by atoms with E-state index in [0.29, 0.717) is 19.3 Å². The third-order valence-corrected chi connectivity index (χ3v) is 7.67. The average Bonchev–Trinajstić information content (AvgIpc) is 2.53. The van der Waals surface area contributed by atoms with Crippen molar-refractivity contribution in [2.24, 2.45) is 5.92 Å². The highest BCUT2D eigenvalue weighted by Crippen LogP contribution is 2.59. The van der Waals surface area contributed by atoms with Gasteiger partial charge in [-0.2, -0.15) is 0 Å². The van der Waals surface area contributed by atoms with E-state index in [1.807, 2.05) is 6.07 Å². The molecule has 5 rings (SSSR count). The van der Waals surface area contributed by atoms with E-state index in [1.54, 1.807) is 6.07 Å². The third-order valence-electron chi connectivity index (χ3n) is 7.67. The van der Waals surface area contributed by atoms with Crippen LogP contribution in [0.4, 0.5) is 0 Å². The van der Waals surface area contributed by atoms with Crippen molar-refractivity contribution in [1.29, 1.82) is 0 Å². The molecule has 1 aromatic rings. The Morgan fingerprint density at radius 2 is 2.08 bits per heavy atom. The van der Waals surface area contributed by atoms with Crippen molar-refractivity contribution in [3.63, 3.8) is 0 Å². The first-order chi connectivity index (χ1) is 12.0. The number of carbonyl (C=O) groups excluding carboxylic acids is 1. The van der Waals surface area contributed by atoms with Gasteiger partial charge in [0.25, 0.3) is 0 Å². The van der Waals surface area contributed by atoms with Crippen LogP contribution in [0.3, 0.4) is 0 Å².